The lowest BCUT2D eigenvalue weighted by Crippen LogP contribution is -2.54. The Kier molecular flexibility index (Phi) is 5.55. The summed E-state index contributed by atoms with van der Waals surface area (Å²) in [6.07, 6.45) is 8.68. The van der Waals surface area contributed by atoms with Crippen molar-refractivity contribution in [1.82, 2.24) is 15.2 Å². The van der Waals surface area contributed by atoms with Crippen molar-refractivity contribution in [1.29, 1.82) is 0 Å². The van der Waals surface area contributed by atoms with E-state index in [2.05, 4.69) is 22.1 Å². The fraction of sp³-hybridized carbons (Fsp3) is 0.714. The number of carbonyl (C=O) groups is 1. The number of nitrogens with zero attached hydrogens (tertiary/aromatic N) is 2. The number of hydrogen-bond donors (Lipinski definition) is 1. The minimum atomic E-state index is 0.0655. The number of pyridine rings is 1. The van der Waals surface area contributed by atoms with Crippen LogP contribution in [0.2, 0.25) is 0 Å². The van der Waals surface area contributed by atoms with Crippen LogP contribution in [0, 0.1) is 11.8 Å². The Morgan fingerprint density at radius 2 is 2.23 bits per heavy atom. The van der Waals surface area contributed by atoms with Crippen LogP contribution in [0.1, 0.15) is 55.1 Å². The van der Waals surface area contributed by atoms with E-state index in [1.165, 1.54) is 32.2 Å². The molecule has 1 aromatic heterocycles. The Balaban J connectivity index is 1.28. The smallest absolute Gasteiger partial charge is 0.251 e. The highest BCUT2D eigenvalue weighted by atomic mass is 16.5. The fourth-order valence-corrected chi connectivity index (χ4v) is 4.82. The van der Waals surface area contributed by atoms with E-state index in [-0.39, 0.29) is 5.91 Å². The number of hydrogen-bond acceptors (Lipinski definition) is 4. The molecule has 26 heavy (non-hydrogen) atoms. The van der Waals surface area contributed by atoms with Crippen molar-refractivity contribution in [2.24, 2.45) is 11.8 Å². The first-order valence-corrected chi connectivity index (χ1v) is 10.3. The van der Waals surface area contributed by atoms with Gasteiger partial charge in [0.05, 0.1) is 0 Å². The lowest BCUT2D eigenvalue weighted by molar-refractivity contribution is 0.0589. The maximum atomic E-state index is 12.7. The minimum absolute atomic E-state index is 0.0655. The van der Waals surface area contributed by atoms with Gasteiger partial charge < -0.3 is 10.1 Å². The standard InChI is InChI=1S/C21H31N3O2/c1-2-3-18-12-16(4-8-22-18)21(25)23-20-17-13-19(20)24(14-17)9-5-15-6-10-26-11-7-15/h4,8,12,15,17,19-20H,2-3,5-7,9-11,13-14H2,1H3,(H,23,25). The fourth-order valence-electron chi connectivity index (χ4n) is 4.82. The molecule has 5 nitrogen and oxygen atoms in total. The summed E-state index contributed by atoms with van der Waals surface area (Å²) >= 11 is 0. The quantitative estimate of drug-likeness (QED) is 0.815. The molecule has 3 saturated heterocycles. The maximum absolute atomic E-state index is 12.7. The van der Waals surface area contributed by atoms with Crippen LogP contribution >= 0.6 is 0 Å². The van der Waals surface area contributed by atoms with Gasteiger partial charge in [-0.05, 0) is 62.6 Å². The highest BCUT2D eigenvalue weighted by Gasteiger charge is 2.52. The number of nitrogens with one attached hydrogen (secondary N) is 1. The SMILES string of the molecule is CCCc1cc(C(=O)NC2C3CC2N(CCC2CCOCC2)C3)ccn1. The van der Waals surface area contributed by atoms with E-state index in [1.807, 2.05) is 12.1 Å². The molecule has 1 aromatic rings. The Morgan fingerprint density at radius 1 is 1.38 bits per heavy atom. The first-order chi connectivity index (χ1) is 12.7. The normalized spacial score (nSPS) is 28.7. The van der Waals surface area contributed by atoms with E-state index in [1.54, 1.807) is 6.20 Å². The zero-order chi connectivity index (χ0) is 17.9. The van der Waals surface area contributed by atoms with E-state index in [0.29, 0.717) is 18.0 Å². The molecular formula is C21H31N3O2. The maximum Gasteiger partial charge on any atom is 0.251 e. The number of carbonyl (C=O) groups excluding carboxylic acids is 1. The molecular weight excluding hydrogens is 326 g/mol. The summed E-state index contributed by atoms with van der Waals surface area (Å²) < 4.78 is 5.46. The highest BCUT2D eigenvalue weighted by molar-refractivity contribution is 5.94. The van der Waals surface area contributed by atoms with Gasteiger partial charge in [-0.25, -0.2) is 0 Å². The Bertz CT molecular complexity index is 629. The third kappa shape index (κ3) is 3.79. The van der Waals surface area contributed by atoms with E-state index in [9.17, 15) is 4.79 Å². The van der Waals surface area contributed by atoms with E-state index in [4.69, 9.17) is 4.74 Å². The van der Waals surface area contributed by atoms with Crippen molar-refractivity contribution >= 4 is 5.91 Å². The molecule has 1 amide bonds. The molecule has 2 bridgehead atoms. The van der Waals surface area contributed by atoms with Gasteiger partial charge in [-0.2, -0.15) is 0 Å². The number of rotatable bonds is 7. The van der Waals surface area contributed by atoms with Crippen molar-refractivity contribution < 1.29 is 9.53 Å². The molecule has 1 aliphatic carbocycles. The molecule has 4 fully saturated rings. The van der Waals surface area contributed by atoms with Gasteiger partial charge in [0.25, 0.3) is 5.91 Å². The predicted octanol–water partition coefficient (Wildman–Crippen LogP) is 2.65. The minimum Gasteiger partial charge on any atom is -0.381 e. The molecule has 142 valence electrons. The summed E-state index contributed by atoms with van der Waals surface area (Å²) in [5, 5.41) is 3.30. The van der Waals surface area contributed by atoms with Gasteiger partial charge in [-0.15, -0.1) is 0 Å². The Morgan fingerprint density at radius 3 is 3.04 bits per heavy atom. The monoisotopic (exact) mass is 357 g/mol. The summed E-state index contributed by atoms with van der Waals surface area (Å²) in [6, 6.07) is 4.65. The van der Waals surface area contributed by atoms with Gasteiger partial charge in [0, 0.05) is 49.3 Å². The average Bonchev–Trinajstić information content (AvgIpc) is 3.24. The summed E-state index contributed by atoms with van der Waals surface area (Å²) in [5.41, 5.74) is 1.76. The molecule has 5 rings (SSSR count). The summed E-state index contributed by atoms with van der Waals surface area (Å²) in [4.78, 5) is 19.6. The molecule has 1 N–H and O–H groups in total. The molecule has 4 heterocycles. The van der Waals surface area contributed by atoms with Crippen LogP contribution in [0.4, 0.5) is 0 Å². The molecule has 5 heteroatoms. The van der Waals surface area contributed by atoms with Crippen molar-refractivity contribution in [2.75, 3.05) is 26.3 Å². The second-order valence-corrected chi connectivity index (χ2v) is 8.19. The van der Waals surface area contributed by atoms with Gasteiger partial charge >= 0.3 is 0 Å². The van der Waals surface area contributed by atoms with Gasteiger partial charge in [0.15, 0.2) is 0 Å². The summed E-state index contributed by atoms with van der Waals surface area (Å²) in [7, 11) is 0. The molecule has 3 atom stereocenters. The van der Waals surface area contributed by atoms with E-state index >= 15 is 0 Å². The average molecular weight is 357 g/mol. The number of amides is 1. The largest absolute Gasteiger partial charge is 0.381 e. The number of aryl methyl sites for hydroxylation is 1. The Hall–Kier alpha value is -1.46. The first kappa shape index (κ1) is 17.9. The van der Waals surface area contributed by atoms with Crippen LogP contribution in [0.15, 0.2) is 18.3 Å². The molecule has 4 aliphatic rings. The molecule has 3 aliphatic heterocycles. The van der Waals surface area contributed by atoms with Crippen LogP contribution in [-0.4, -0.2) is 54.2 Å². The van der Waals surface area contributed by atoms with Crippen molar-refractivity contribution in [3.05, 3.63) is 29.6 Å². The highest BCUT2D eigenvalue weighted by Crippen LogP contribution is 2.41. The van der Waals surface area contributed by atoms with Gasteiger partial charge in [-0.1, -0.05) is 13.3 Å². The van der Waals surface area contributed by atoms with Crippen LogP contribution < -0.4 is 5.32 Å². The van der Waals surface area contributed by atoms with Gasteiger partial charge in [0.2, 0.25) is 0 Å². The van der Waals surface area contributed by atoms with Gasteiger partial charge in [0.1, 0.15) is 0 Å². The zero-order valence-corrected chi connectivity index (χ0v) is 15.8. The van der Waals surface area contributed by atoms with Gasteiger partial charge in [-0.3, -0.25) is 14.7 Å². The predicted molar refractivity (Wildman–Crippen MR) is 101 cm³/mol. The molecule has 1 saturated carbocycles. The van der Waals surface area contributed by atoms with Crippen LogP contribution in [0.25, 0.3) is 0 Å². The second kappa shape index (κ2) is 8.05. The van der Waals surface area contributed by atoms with Crippen LogP contribution in [-0.2, 0) is 11.2 Å². The van der Waals surface area contributed by atoms with Crippen molar-refractivity contribution in [3.8, 4) is 0 Å². The summed E-state index contributed by atoms with van der Waals surface area (Å²) in [6.45, 7) is 6.32. The molecule has 0 radical (unpaired) electrons. The lowest BCUT2D eigenvalue weighted by atomic mass is 9.80. The third-order valence-corrected chi connectivity index (χ3v) is 6.45. The number of fused-ring (bicyclic) bond motifs is 1. The van der Waals surface area contributed by atoms with Crippen molar-refractivity contribution in [2.45, 2.75) is 57.5 Å². The number of aromatic nitrogens is 1. The topological polar surface area (TPSA) is 54.5 Å². The third-order valence-electron chi connectivity index (χ3n) is 6.45. The van der Waals surface area contributed by atoms with E-state index < -0.39 is 0 Å². The van der Waals surface area contributed by atoms with Crippen molar-refractivity contribution in [3.63, 3.8) is 0 Å². The zero-order valence-electron chi connectivity index (χ0n) is 15.8. The number of ether oxygens (including phenoxy) is 1. The Labute approximate surface area is 156 Å². The second-order valence-electron chi connectivity index (χ2n) is 8.19. The van der Waals surface area contributed by atoms with Crippen LogP contribution in [0.3, 0.4) is 0 Å². The lowest BCUT2D eigenvalue weighted by Gasteiger charge is -2.37. The van der Waals surface area contributed by atoms with Crippen LogP contribution in [0.5, 0.6) is 0 Å². The summed E-state index contributed by atoms with van der Waals surface area (Å²) in [5.74, 6) is 1.52. The van der Waals surface area contributed by atoms with E-state index in [0.717, 1.165) is 49.8 Å². The molecule has 0 spiro atoms. The first-order valence-electron chi connectivity index (χ1n) is 10.3. The molecule has 3 unspecified atom stereocenters. The molecule has 0 aromatic carbocycles.